The Morgan fingerprint density at radius 3 is 2.42 bits per heavy atom. The number of hydrogen-bond acceptors (Lipinski definition) is 0. The first-order valence-corrected chi connectivity index (χ1v) is 6.97. The van der Waals surface area contributed by atoms with E-state index in [0.717, 1.165) is 0 Å². The van der Waals surface area contributed by atoms with E-state index in [1.165, 1.54) is 10.4 Å². The van der Waals surface area contributed by atoms with Gasteiger partial charge in [-0.25, -0.2) is 0 Å². The van der Waals surface area contributed by atoms with Crippen LogP contribution in [0.4, 0.5) is 0 Å². The van der Waals surface area contributed by atoms with Crippen molar-refractivity contribution in [3.05, 3.63) is 41.6 Å². The third-order valence-electron chi connectivity index (χ3n) is 1.95. The summed E-state index contributed by atoms with van der Waals surface area (Å²) in [5.41, 5.74) is 0. The molecular weight excluding hydrogens is 184 g/mol. The predicted molar refractivity (Wildman–Crippen MR) is 58.5 cm³/mol. The second-order valence-electron chi connectivity index (χ2n) is 2.81. The summed E-state index contributed by atoms with van der Waals surface area (Å²) in [6.07, 6.45) is 2.11. The largest absolute Gasteiger partial charge is 0.197 e. The van der Waals surface area contributed by atoms with Crippen molar-refractivity contribution in [3.63, 3.8) is 0 Å². The number of allylic oxidation sites excluding steroid dienone is 2. The molecule has 0 heterocycles. The zero-order chi connectivity index (χ0) is 8.97. The van der Waals surface area contributed by atoms with Crippen LogP contribution in [0.25, 0.3) is 0 Å². The average molecular weight is 197 g/mol. The molecule has 1 aromatic carbocycles. The Hall–Kier alpha value is -0.533. The van der Waals surface area contributed by atoms with Crippen LogP contribution in [0, 0.1) is 0 Å². The normalized spacial score (nSPS) is 14.4. The van der Waals surface area contributed by atoms with Gasteiger partial charge >= 0.3 is 0 Å². The van der Waals surface area contributed by atoms with E-state index in [-0.39, 0.29) is 0 Å². The van der Waals surface area contributed by atoms with Crippen molar-refractivity contribution in [1.82, 2.24) is 0 Å². The van der Waals surface area contributed by atoms with Crippen LogP contribution in [0.15, 0.2) is 41.6 Å². The molecule has 0 amide bonds. The Morgan fingerprint density at radius 1 is 1.33 bits per heavy atom. The highest BCUT2D eigenvalue weighted by atomic mass is 35.6. The second-order valence-corrected chi connectivity index (χ2v) is 6.42. The SMILES string of the molecule is C/C=C(\C)[SiH](Cl)c1ccccc1. The molecule has 0 spiro atoms. The van der Waals surface area contributed by atoms with Gasteiger partial charge in [0.15, 0.2) is 8.11 Å². The van der Waals surface area contributed by atoms with E-state index in [2.05, 4.69) is 25.1 Å². The maximum absolute atomic E-state index is 6.33. The number of rotatable bonds is 2. The second kappa shape index (κ2) is 4.48. The lowest BCUT2D eigenvalue weighted by Crippen LogP contribution is -2.25. The minimum absolute atomic E-state index is 1.30. The van der Waals surface area contributed by atoms with Crippen LogP contribution >= 0.6 is 11.1 Å². The molecule has 1 rings (SSSR count). The van der Waals surface area contributed by atoms with E-state index in [1.807, 2.05) is 25.1 Å². The van der Waals surface area contributed by atoms with Crippen molar-refractivity contribution in [2.24, 2.45) is 0 Å². The molecule has 0 aliphatic rings. The summed E-state index contributed by atoms with van der Waals surface area (Å²) in [6.45, 7) is 4.15. The lowest BCUT2D eigenvalue weighted by atomic mass is 10.4. The summed E-state index contributed by atoms with van der Waals surface area (Å²) in [7, 11) is -1.32. The highest BCUT2D eigenvalue weighted by Gasteiger charge is 2.10. The van der Waals surface area contributed by atoms with Crippen molar-refractivity contribution in [2.45, 2.75) is 13.8 Å². The van der Waals surface area contributed by atoms with E-state index in [0.29, 0.717) is 0 Å². The Kier molecular flexibility index (Phi) is 3.57. The minimum Gasteiger partial charge on any atom is -0.160 e. The van der Waals surface area contributed by atoms with Crippen molar-refractivity contribution in [2.75, 3.05) is 0 Å². The topological polar surface area (TPSA) is 0 Å². The molecule has 1 unspecified atom stereocenters. The van der Waals surface area contributed by atoms with Crippen molar-refractivity contribution < 1.29 is 0 Å². The van der Waals surface area contributed by atoms with Crippen LogP contribution in [-0.4, -0.2) is 8.11 Å². The van der Waals surface area contributed by atoms with Crippen LogP contribution in [0.1, 0.15) is 13.8 Å². The van der Waals surface area contributed by atoms with Gasteiger partial charge in [-0.15, -0.1) is 0 Å². The van der Waals surface area contributed by atoms with Crippen LogP contribution in [-0.2, 0) is 0 Å². The molecule has 0 nitrogen and oxygen atoms in total. The van der Waals surface area contributed by atoms with E-state index >= 15 is 0 Å². The first-order valence-electron chi connectivity index (χ1n) is 4.07. The maximum atomic E-state index is 6.33. The minimum atomic E-state index is -1.32. The summed E-state index contributed by atoms with van der Waals surface area (Å²) < 4.78 is 0. The Labute approximate surface area is 80.2 Å². The molecule has 0 aromatic heterocycles. The Morgan fingerprint density at radius 2 is 1.92 bits per heavy atom. The molecule has 2 heteroatoms. The van der Waals surface area contributed by atoms with Gasteiger partial charge in [-0.05, 0) is 19.0 Å². The maximum Gasteiger partial charge on any atom is 0.197 e. The number of halogens is 1. The molecule has 0 radical (unpaired) electrons. The summed E-state index contributed by atoms with van der Waals surface area (Å²) in [5, 5.41) is 2.64. The fourth-order valence-electron chi connectivity index (χ4n) is 1.03. The number of hydrogen-bond donors (Lipinski definition) is 0. The van der Waals surface area contributed by atoms with Gasteiger partial charge in [0.25, 0.3) is 0 Å². The van der Waals surface area contributed by atoms with Gasteiger partial charge in [0.1, 0.15) is 0 Å². The van der Waals surface area contributed by atoms with Crippen molar-refractivity contribution in [1.29, 1.82) is 0 Å². The summed E-state index contributed by atoms with van der Waals surface area (Å²) in [4.78, 5) is 0. The highest BCUT2D eigenvalue weighted by Crippen LogP contribution is 2.04. The van der Waals surface area contributed by atoms with Crippen LogP contribution in [0.2, 0.25) is 0 Å². The molecule has 0 fully saturated rings. The third kappa shape index (κ3) is 2.22. The van der Waals surface area contributed by atoms with E-state index in [1.54, 1.807) is 0 Å². The molecular formula is C10H13ClSi. The fraction of sp³-hybridized carbons (Fsp3) is 0.200. The fourth-order valence-corrected chi connectivity index (χ4v) is 3.22. The van der Waals surface area contributed by atoms with Crippen LogP contribution in [0.3, 0.4) is 0 Å². The molecule has 1 atom stereocenters. The zero-order valence-corrected chi connectivity index (χ0v) is 9.33. The molecule has 0 N–H and O–H groups in total. The third-order valence-corrected chi connectivity index (χ3v) is 5.84. The Balaban J connectivity index is 2.86. The lowest BCUT2D eigenvalue weighted by molar-refractivity contribution is 1.57. The Bertz CT molecular complexity index is 266. The molecule has 0 saturated heterocycles. The standard InChI is InChI=1S/C10H13ClSi/c1-3-9(2)12(11)10-7-5-4-6-8-10/h3-8,12H,1-2H3/b9-3+. The molecule has 0 bridgehead atoms. The molecule has 1 aromatic rings. The predicted octanol–water partition coefficient (Wildman–Crippen LogP) is 2.36. The molecule has 0 aliphatic carbocycles. The van der Waals surface area contributed by atoms with E-state index in [4.69, 9.17) is 11.1 Å². The number of benzene rings is 1. The van der Waals surface area contributed by atoms with Gasteiger partial charge in [-0.3, -0.25) is 0 Å². The van der Waals surface area contributed by atoms with Crippen LogP contribution < -0.4 is 5.19 Å². The van der Waals surface area contributed by atoms with Gasteiger partial charge in [-0.1, -0.05) is 41.6 Å². The first-order chi connectivity index (χ1) is 5.75. The summed E-state index contributed by atoms with van der Waals surface area (Å²) in [5.74, 6) is 0. The van der Waals surface area contributed by atoms with Gasteiger partial charge in [-0.2, -0.15) is 11.1 Å². The summed E-state index contributed by atoms with van der Waals surface area (Å²) >= 11 is 6.33. The lowest BCUT2D eigenvalue weighted by Gasteiger charge is -2.07. The molecule has 0 saturated carbocycles. The van der Waals surface area contributed by atoms with Crippen molar-refractivity contribution in [3.8, 4) is 0 Å². The summed E-state index contributed by atoms with van der Waals surface area (Å²) in [6, 6.07) is 10.3. The quantitative estimate of drug-likeness (QED) is 0.504. The van der Waals surface area contributed by atoms with Crippen molar-refractivity contribution >= 4 is 24.4 Å². The zero-order valence-electron chi connectivity index (χ0n) is 7.42. The van der Waals surface area contributed by atoms with Gasteiger partial charge < -0.3 is 0 Å². The molecule has 12 heavy (non-hydrogen) atoms. The van der Waals surface area contributed by atoms with Gasteiger partial charge in [0.2, 0.25) is 0 Å². The monoisotopic (exact) mass is 196 g/mol. The van der Waals surface area contributed by atoms with Crippen LogP contribution in [0.5, 0.6) is 0 Å². The smallest absolute Gasteiger partial charge is 0.160 e. The van der Waals surface area contributed by atoms with Gasteiger partial charge in [0, 0.05) is 0 Å². The molecule has 0 aliphatic heterocycles. The highest BCUT2D eigenvalue weighted by molar-refractivity contribution is 7.18. The van der Waals surface area contributed by atoms with E-state index in [9.17, 15) is 0 Å². The molecule has 64 valence electrons. The van der Waals surface area contributed by atoms with E-state index < -0.39 is 8.11 Å². The first kappa shape index (κ1) is 9.55. The van der Waals surface area contributed by atoms with Gasteiger partial charge in [0.05, 0.1) is 0 Å². The average Bonchev–Trinajstić information content (AvgIpc) is 2.17.